The number of amides is 4. The van der Waals surface area contributed by atoms with E-state index in [9.17, 15) is 49.2 Å². The minimum Gasteiger partial charge on any atom is -0.508 e. The van der Waals surface area contributed by atoms with Gasteiger partial charge in [0, 0.05) is 12.8 Å². The van der Waals surface area contributed by atoms with Crippen LogP contribution in [0.5, 0.6) is 11.5 Å². The molecule has 0 fully saturated rings. The smallest absolute Gasteiger partial charge is 0.328 e. The molecule has 5 atom stereocenters. The second kappa shape index (κ2) is 18.9. The van der Waals surface area contributed by atoms with Gasteiger partial charge in [-0.2, -0.15) is 11.8 Å². The molecule has 17 heteroatoms. The average molecular weight is 678 g/mol. The number of phenols is 2. The van der Waals surface area contributed by atoms with Gasteiger partial charge >= 0.3 is 11.9 Å². The monoisotopic (exact) mass is 677 g/mol. The largest absolute Gasteiger partial charge is 0.508 e. The van der Waals surface area contributed by atoms with Gasteiger partial charge in [0.05, 0.1) is 19.1 Å². The van der Waals surface area contributed by atoms with Crippen LogP contribution in [0.1, 0.15) is 24.0 Å². The molecule has 256 valence electrons. The van der Waals surface area contributed by atoms with Gasteiger partial charge in [-0.25, -0.2) is 4.79 Å². The molecule has 11 N–H and O–H groups in total. The predicted octanol–water partition coefficient (Wildman–Crippen LogP) is -1.55. The molecule has 0 aromatic heterocycles. The molecule has 16 nitrogen and oxygen atoms in total. The first kappa shape index (κ1) is 38.3. The Morgan fingerprint density at radius 1 is 0.681 bits per heavy atom. The third-order valence-corrected chi connectivity index (χ3v) is 7.43. The SMILES string of the molecule is CSCC[C@H](NC(=O)[C@H](Cc1ccc(O)cc1)NC(=O)[C@H](Cc1ccc(O)cc1)NC(=O)[C@@H](N)CC(=O)O)C(=O)N[C@@H](CO)C(=O)O. The Morgan fingerprint density at radius 2 is 1.09 bits per heavy atom. The van der Waals surface area contributed by atoms with Gasteiger partial charge < -0.3 is 52.5 Å². The Morgan fingerprint density at radius 3 is 1.49 bits per heavy atom. The molecule has 0 unspecified atom stereocenters. The number of carbonyl (C=O) groups excluding carboxylic acids is 4. The molecule has 0 spiro atoms. The van der Waals surface area contributed by atoms with E-state index in [0.29, 0.717) is 16.9 Å². The molecule has 0 saturated carbocycles. The maximum Gasteiger partial charge on any atom is 0.328 e. The number of rotatable bonds is 19. The van der Waals surface area contributed by atoms with Gasteiger partial charge in [0.15, 0.2) is 0 Å². The molecule has 0 aliphatic heterocycles. The summed E-state index contributed by atoms with van der Waals surface area (Å²) in [6.07, 6.45) is 0.799. The van der Waals surface area contributed by atoms with Crippen LogP contribution in [-0.2, 0) is 41.6 Å². The van der Waals surface area contributed by atoms with Gasteiger partial charge in [-0.15, -0.1) is 0 Å². The fourth-order valence-corrected chi connectivity index (χ4v) is 4.69. The molecule has 47 heavy (non-hydrogen) atoms. The summed E-state index contributed by atoms with van der Waals surface area (Å²) in [5.41, 5.74) is 6.67. The van der Waals surface area contributed by atoms with E-state index in [0.717, 1.165) is 0 Å². The van der Waals surface area contributed by atoms with E-state index in [-0.39, 0.29) is 30.8 Å². The van der Waals surface area contributed by atoms with Crippen molar-refractivity contribution in [2.75, 3.05) is 18.6 Å². The Labute approximate surface area is 274 Å². The van der Waals surface area contributed by atoms with E-state index in [2.05, 4.69) is 21.3 Å². The van der Waals surface area contributed by atoms with Crippen LogP contribution in [0.15, 0.2) is 48.5 Å². The molecule has 0 bridgehead atoms. The summed E-state index contributed by atoms with van der Waals surface area (Å²) in [5.74, 6) is -6.11. The van der Waals surface area contributed by atoms with Gasteiger partial charge in [-0.05, 0) is 53.8 Å². The zero-order valence-corrected chi connectivity index (χ0v) is 26.2. The summed E-state index contributed by atoms with van der Waals surface area (Å²) < 4.78 is 0. The van der Waals surface area contributed by atoms with E-state index in [1.807, 2.05) is 0 Å². The Bertz CT molecular complexity index is 1390. The van der Waals surface area contributed by atoms with Crippen molar-refractivity contribution >= 4 is 47.3 Å². The highest BCUT2D eigenvalue weighted by Gasteiger charge is 2.32. The molecule has 2 rings (SSSR count). The molecule has 0 aliphatic carbocycles. The Hall–Kier alpha value is -4.87. The molecule has 0 radical (unpaired) electrons. The minimum atomic E-state index is -1.62. The number of hydrogen-bond donors (Lipinski definition) is 10. The van der Waals surface area contributed by atoms with Crippen molar-refractivity contribution in [3.8, 4) is 11.5 Å². The van der Waals surface area contributed by atoms with Crippen molar-refractivity contribution in [2.24, 2.45) is 5.73 Å². The molecule has 0 heterocycles. The van der Waals surface area contributed by atoms with E-state index < -0.39 is 78.8 Å². The van der Waals surface area contributed by atoms with Crippen LogP contribution in [0.4, 0.5) is 0 Å². The molecule has 0 saturated heterocycles. The minimum absolute atomic E-state index is 0.0540. The van der Waals surface area contributed by atoms with Gasteiger partial charge in [0.2, 0.25) is 23.6 Å². The number of carbonyl (C=O) groups is 6. The second-order valence-electron chi connectivity index (χ2n) is 10.5. The Kier molecular flexibility index (Phi) is 15.4. The number of nitrogens with two attached hydrogens (primary N) is 1. The quantitative estimate of drug-likeness (QED) is 0.0808. The number of nitrogens with one attached hydrogen (secondary N) is 4. The number of aliphatic hydroxyl groups is 1. The highest BCUT2D eigenvalue weighted by molar-refractivity contribution is 7.98. The first-order chi connectivity index (χ1) is 22.2. The van der Waals surface area contributed by atoms with Crippen LogP contribution in [0.3, 0.4) is 0 Å². The molecule has 2 aromatic rings. The second-order valence-corrected chi connectivity index (χ2v) is 11.5. The maximum absolute atomic E-state index is 13.7. The number of hydrogen-bond acceptors (Lipinski definition) is 11. The highest BCUT2D eigenvalue weighted by atomic mass is 32.2. The van der Waals surface area contributed by atoms with Crippen LogP contribution in [0.25, 0.3) is 0 Å². The van der Waals surface area contributed by atoms with Crippen molar-refractivity contribution in [1.82, 2.24) is 21.3 Å². The third kappa shape index (κ3) is 13.2. The molecule has 0 aliphatic rings. The first-order valence-corrected chi connectivity index (χ1v) is 15.7. The number of thioether (sulfide) groups is 1. The van der Waals surface area contributed by atoms with Gasteiger partial charge in [0.1, 0.15) is 35.7 Å². The lowest BCUT2D eigenvalue weighted by Crippen LogP contribution is -2.59. The van der Waals surface area contributed by atoms with Crippen LogP contribution < -0.4 is 27.0 Å². The van der Waals surface area contributed by atoms with Crippen LogP contribution >= 0.6 is 11.8 Å². The molecular weight excluding hydrogens is 638 g/mol. The first-order valence-electron chi connectivity index (χ1n) is 14.3. The average Bonchev–Trinajstić information content (AvgIpc) is 3.02. The number of aliphatic carboxylic acids is 2. The number of phenolic OH excluding ortho intramolecular Hbond substituents is 2. The summed E-state index contributed by atoms with van der Waals surface area (Å²) >= 11 is 1.35. The third-order valence-electron chi connectivity index (χ3n) is 6.79. The van der Waals surface area contributed by atoms with E-state index in [1.165, 1.54) is 60.3 Å². The standard InChI is InChI=1S/C30H39N5O11S/c1-47-11-10-21(27(42)35-24(15-36)30(45)46)32-28(43)23(13-17-4-8-19(38)9-5-17)34-29(44)22(12-16-2-6-18(37)7-3-16)33-26(41)20(31)14-25(39)40/h2-9,20-24,36-38H,10-15,31H2,1H3,(H,32,43)(H,33,41)(H,34,44)(H,35,42)(H,39,40)(H,45,46)/t20-,21-,22-,23-,24-/m0/s1. The van der Waals surface area contributed by atoms with Crippen molar-refractivity contribution in [3.63, 3.8) is 0 Å². The summed E-state index contributed by atoms with van der Waals surface area (Å²) in [6, 6.07) is 4.28. The Balaban J connectivity index is 2.40. The summed E-state index contributed by atoms with van der Waals surface area (Å²) in [4.78, 5) is 75.5. The highest BCUT2D eigenvalue weighted by Crippen LogP contribution is 2.14. The van der Waals surface area contributed by atoms with Crippen LogP contribution in [0.2, 0.25) is 0 Å². The lowest BCUT2D eigenvalue weighted by Gasteiger charge is -2.26. The van der Waals surface area contributed by atoms with Crippen LogP contribution in [-0.4, -0.2) is 110 Å². The summed E-state index contributed by atoms with van der Waals surface area (Å²) in [7, 11) is 0. The number of aromatic hydroxyl groups is 2. The molecular formula is C30H39N5O11S. The van der Waals surface area contributed by atoms with E-state index in [1.54, 1.807) is 6.26 Å². The van der Waals surface area contributed by atoms with Crippen molar-refractivity contribution in [1.29, 1.82) is 0 Å². The van der Waals surface area contributed by atoms with Crippen molar-refractivity contribution in [2.45, 2.75) is 55.9 Å². The zero-order valence-electron chi connectivity index (χ0n) is 25.4. The predicted molar refractivity (Wildman–Crippen MR) is 169 cm³/mol. The fraction of sp³-hybridized carbons (Fsp3) is 0.400. The normalized spacial score (nSPS) is 14.0. The fourth-order valence-electron chi connectivity index (χ4n) is 4.22. The number of benzene rings is 2. The summed E-state index contributed by atoms with van der Waals surface area (Å²) in [5, 5.41) is 56.6. The zero-order chi connectivity index (χ0) is 35.1. The lowest BCUT2D eigenvalue weighted by atomic mass is 10.0. The molecule has 2 aromatic carbocycles. The summed E-state index contributed by atoms with van der Waals surface area (Å²) in [6.45, 7) is -0.895. The van der Waals surface area contributed by atoms with E-state index in [4.69, 9.17) is 10.8 Å². The van der Waals surface area contributed by atoms with Gasteiger partial charge in [0.25, 0.3) is 0 Å². The number of carboxylic acid groups (broad SMARTS) is 2. The van der Waals surface area contributed by atoms with Gasteiger partial charge in [-0.3, -0.25) is 24.0 Å². The number of aliphatic hydroxyl groups excluding tert-OH is 1. The van der Waals surface area contributed by atoms with Crippen LogP contribution in [0, 0.1) is 0 Å². The lowest BCUT2D eigenvalue weighted by molar-refractivity contribution is -0.143. The topological polar surface area (TPSA) is 278 Å². The van der Waals surface area contributed by atoms with Crippen molar-refractivity contribution < 1.29 is 54.3 Å². The maximum atomic E-state index is 13.7. The van der Waals surface area contributed by atoms with Gasteiger partial charge in [-0.1, -0.05) is 24.3 Å². The molecule has 4 amide bonds. The number of carboxylic acids is 2. The van der Waals surface area contributed by atoms with E-state index >= 15 is 0 Å². The van der Waals surface area contributed by atoms with Crippen molar-refractivity contribution in [3.05, 3.63) is 59.7 Å².